The monoisotopic (exact) mass is 270 g/mol. The lowest BCUT2D eigenvalue weighted by molar-refractivity contribution is 0.267. The molecule has 0 aliphatic heterocycles. The fourth-order valence-electron chi connectivity index (χ4n) is 2.38. The predicted octanol–water partition coefficient (Wildman–Crippen LogP) is 3.02. The molecule has 0 unspecified atom stereocenters. The molecule has 0 fully saturated rings. The second-order valence-electron chi connectivity index (χ2n) is 4.86. The van der Waals surface area contributed by atoms with Crippen molar-refractivity contribution < 1.29 is 9.50 Å². The molecule has 20 heavy (non-hydrogen) atoms. The van der Waals surface area contributed by atoms with Crippen LogP contribution in [-0.2, 0) is 13.2 Å². The number of halogens is 1. The van der Waals surface area contributed by atoms with Gasteiger partial charge in [-0.1, -0.05) is 24.3 Å². The maximum Gasteiger partial charge on any atom is 0.136 e. The summed E-state index contributed by atoms with van der Waals surface area (Å²) in [6.45, 7) is 2.19. The van der Waals surface area contributed by atoms with Gasteiger partial charge in [-0.3, -0.25) is 0 Å². The highest BCUT2D eigenvalue weighted by molar-refractivity contribution is 5.77. The number of aliphatic hydroxyl groups excluding tert-OH is 1. The Bertz CT molecular complexity index is 764. The van der Waals surface area contributed by atoms with Crippen molar-refractivity contribution in [2.24, 2.45) is 0 Å². The van der Waals surface area contributed by atoms with Crippen molar-refractivity contribution in [1.82, 2.24) is 9.55 Å². The van der Waals surface area contributed by atoms with E-state index in [2.05, 4.69) is 4.98 Å². The SMILES string of the molecule is Cc1ccc2c(c1)nc(CO)n2Cc1ccccc1F. The Morgan fingerprint density at radius 3 is 2.75 bits per heavy atom. The molecular formula is C16H15FN2O. The first-order chi connectivity index (χ1) is 9.69. The van der Waals surface area contributed by atoms with Gasteiger partial charge in [-0.2, -0.15) is 0 Å². The molecule has 0 amide bonds. The Morgan fingerprint density at radius 1 is 1.20 bits per heavy atom. The van der Waals surface area contributed by atoms with Crippen LogP contribution >= 0.6 is 0 Å². The van der Waals surface area contributed by atoms with Crippen LogP contribution in [0.4, 0.5) is 4.39 Å². The third kappa shape index (κ3) is 2.18. The molecule has 2 aromatic carbocycles. The van der Waals surface area contributed by atoms with Crippen molar-refractivity contribution in [2.75, 3.05) is 0 Å². The first-order valence-corrected chi connectivity index (χ1v) is 6.49. The van der Waals surface area contributed by atoms with E-state index in [1.165, 1.54) is 6.07 Å². The van der Waals surface area contributed by atoms with Crippen molar-refractivity contribution in [3.63, 3.8) is 0 Å². The molecule has 4 heteroatoms. The number of aryl methyl sites for hydroxylation is 1. The molecule has 0 atom stereocenters. The van der Waals surface area contributed by atoms with Crippen LogP contribution in [0.25, 0.3) is 11.0 Å². The Labute approximate surface area is 116 Å². The molecule has 0 spiro atoms. The molecule has 1 aromatic heterocycles. The highest BCUT2D eigenvalue weighted by Gasteiger charge is 2.12. The minimum atomic E-state index is -0.245. The molecule has 102 valence electrons. The fraction of sp³-hybridized carbons (Fsp3) is 0.188. The van der Waals surface area contributed by atoms with E-state index in [0.29, 0.717) is 17.9 Å². The van der Waals surface area contributed by atoms with Crippen molar-refractivity contribution >= 4 is 11.0 Å². The molecule has 3 aromatic rings. The van der Waals surface area contributed by atoms with Crippen LogP contribution in [0.1, 0.15) is 17.0 Å². The molecule has 0 radical (unpaired) electrons. The average Bonchev–Trinajstić information content (AvgIpc) is 2.78. The first kappa shape index (κ1) is 12.8. The van der Waals surface area contributed by atoms with Gasteiger partial charge in [-0.25, -0.2) is 9.37 Å². The van der Waals surface area contributed by atoms with Crippen molar-refractivity contribution in [2.45, 2.75) is 20.1 Å². The van der Waals surface area contributed by atoms with Crippen molar-refractivity contribution in [3.8, 4) is 0 Å². The zero-order valence-electron chi connectivity index (χ0n) is 11.2. The summed E-state index contributed by atoms with van der Waals surface area (Å²) in [5.41, 5.74) is 3.42. The fourth-order valence-corrected chi connectivity index (χ4v) is 2.38. The van der Waals surface area contributed by atoms with E-state index >= 15 is 0 Å². The molecule has 0 saturated carbocycles. The van der Waals surface area contributed by atoms with Crippen LogP contribution in [0.2, 0.25) is 0 Å². The molecule has 0 saturated heterocycles. The molecular weight excluding hydrogens is 255 g/mol. The van der Waals surface area contributed by atoms with Crippen molar-refractivity contribution in [3.05, 3.63) is 65.2 Å². The maximum atomic E-state index is 13.8. The molecule has 0 aliphatic rings. The lowest BCUT2D eigenvalue weighted by Crippen LogP contribution is -2.06. The van der Waals surface area contributed by atoms with Crippen molar-refractivity contribution in [1.29, 1.82) is 0 Å². The van der Waals surface area contributed by atoms with E-state index in [1.54, 1.807) is 18.2 Å². The summed E-state index contributed by atoms with van der Waals surface area (Å²) in [5, 5.41) is 9.46. The van der Waals surface area contributed by atoms with Crippen LogP contribution in [-0.4, -0.2) is 14.7 Å². The van der Waals surface area contributed by atoms with Gasteiger partial charge >= 0.3 is 0 Å². The number of aromatic nitrogens is 2. The average molecular weight is 270 g/mol. The van der Waals surface area contributed by atoms with Gasteiger partial charge < -0.3 is 9.67 Å². The van der Waals surface area contributed by atoms with Crippen LogP contribution in [0.3, 0.4) is 0 Å². The maximum absolute atomic E-state index is 13.8. The van der Waals surface area contributed by atoms with Gasteiger partial charge in [0.05, 0.1) is 17.6 Å². The van der Waals surface area contributed by atoms with Crippen LogP contribution in [0.5, 0.6) is 0 Å². The van der Waals surface area contributed by atoms with E-state index in [-0.39, 0.29) is 12.4 Å². The lowest BCUT2D eigenvalue weighted by Gasteiger charge is -2.09. The Kier molecular flexibility index (Phi) is 3.24. The minimum absolute atomic E-state index is 0.165. The second-order valence-corrected chi connectivity index (χ2v) is 4.86. The number of fused-ring (bicyclic) bond motifs is 1. The van der Waals surface area contributed by atoms with Gasteiger partial charge in [0.1, 0.15) is 18.2 Å². The zero-order chi connectivity index (χ0) is 14.1. The lowest BCUT2D eigenvalue weighted by atomic mass is 10.2. The number of aliphatic hydroxyl groups is 1. The normalized spacial score (nSPS) is 11.2. The summed E-state index contributed by atoms with van der Waals surface area (Å²) in [5.74, 6) is 0.305. The first-order valence-electron chi connectivity index (χ1n) is 6.49. The van der Waals surface area contributed by atoms with E-state index in [4.69, 9.17) is 0 Å². The Hall–Kier alpha value is -2.20. The molecule has 1 N–H and O–H groups in total. The smallest absolute Gasteiger partial charge is 0.136 e. The van der Waals surface area contributed by atoms with E-state index < -0.39 is 0 Å². The highest BCUT2D eigenvalue weighted by Crippen LogP contribution is 2.20. The van der Waals surface area contributed by atoms with E-state index in [9.17, 15) is 9.50 Å². The molecule has 1 heterocycles. The number of hydrogen-bond acceptors (Lipinski definition) is 2. The number of rotatable bonds is 3. The predicted molar refractivity (Wildman–Crippen MR) is 75.9 cm³/mol. The molecule has 0 bridgehead atoms. The van der Waals surface area contributed by atoms with E-state index in [0.717, 1.165) is 16.6 Å². The summed E-state index contributed by atoms with van der Waals surface area (Å²) in [7, 11) is 0. The van der Waals surface area contributed by atoms with Gasteiger partial charge in [0.2, 0.25) is 0 Å². The van der Waals surface area contributed by atoms with E-state index in [1.807, 2.05) is 29.7 Å². The summed E-state index contributed by atoms with van der Waals surface area (Å²) in [6, 6.07) is 12.6. The topological polar surface area (TPSA) is 38.1 Å². The Morgan fingerprint density at radius 2 is 2.00 bits per heavy atom. The largest absolute Gasteiger partial charge is 0.388 e. The van der Waals surface area contributed by atoms with Crippen LogP contribution in [0, 0.1) is 12.7 Å². The third-order valence-electron chi connectivity index (χ3n) is 3.41. The number of hydrogen-bond donors (Lipinski definition) is 1. The van der Waals surface area contributed by atoms with Gasteiger partial charge in [-0.05, 0) is 30.7 Å². The van der Waals surface area contributed by atoms with Crippen LogP contribution < -0.4 is 0 Å². The zero-order valence-corrected chi connectivity index (χ0v) is 11.2. The standard InChI is InChI=1S/C16H15FN2O/c1-11-6-7-15-14(8-11)18-16(10-20)19(15)9-12-4-2-3-5-13(12)17/h2-8,20H,9-10H2,1H3. The number of nitrogens with zero attached hydrogens (tertiary/aromatic N) is 2. The number of benzene rings is 2. The molecule has 0 aliphatic carbocycles. The Balaban J connectivity index is 2.12. The molecule has 3 nitrogen and oxygen atoms in total. The van der Waals surface area contributed by atoms with Gasteiger partial charge in [0.25, 0.3) is 0 Å². The van der Waals surface area contributed by atoms with Gasteiger partial charge in [-0.15, -0.1) is 0 Å². The highest BCUT2D eigenvalue weighted by atomic mass is 19.1. The van der Waals surface area contributed by atoms with Crippen LogP contribution in [0.15, 0.2) is 42.5 Å². The van der Waals surface area contributed by atoms with Gasteiger partial charge in [0, 0.05) is 5.56 Å². The summed E-state index contributed by atoms with van der Waals surface area (Å²) in [6.07, 6.45) is 0. The second kappa shape index (κ2) is 5.06. The third-order valence-corrected chi connectivity index (χ3v) is 3.41. The van der Waals surface area contributed by atoms with Gasteiger partial charge in [0.15, 0.2) is 0 Å². The summed E-state index contributed by atoms with van der Waals surface area (Å²) >= 11 is 0. The quantitative estimate of drug-likeness (QED) is 0.794. The minimum Gasteiger partial charge on any atom is -0.388 e. The number of imidazole rings is 1. The summed E-state index contributed by atoms with van der Waals surface area (Å²) in [4.78, 5) is 4.41. The molecule has 3 rings (SSSR count). The summed E-state index contributed by atoms with van der Waals surface area (Å²) < 4.78 is 15.6.